The van der Waals surface area contributed by atoms with Crippen molar-refractivity contribution in [2.75, 3.05) is 5.73 Å². The van der Waals surface area contributed by atoms with E-state index in [0.717, 1.165) is 24.2 Å². The molecule has 0 saturated heterocycles. The third-order valence-electron chi connectivity index (χ3n) is 2.98. The van der Waals surface area contributed by atoms with Crippen LogP contribution in [0.2, 0.25) is 0 Å². The summed E-state index contributed by atoms with van der Waals surface area (Å²) in [4.78, 5) is 0. The Hall–Kier alpha value is -2.48. The lowest BCUT2D eigenvalue weighted by molar-refractivity contribution is 0.410. The largest absolute Gasteiger partial charge is 0.437 e. The molecule has 5 heteroatoms. The summed E-state index contributed by atoms with van der Waals surface area (Å²) < 4.78 is 7.62. The Labute approximate surface area is 118 Å². The van der Waals surface area contributed by atoms with Crippen molar-refractivity contribution in [1.82, 2.24) is 9.78 Å². The van der Waals surface area contributed by atoms with Gasteiger partial charge in [-0.05, 0) is 31.0 Å². The van der Waals surface area contributed by atoms with Gasteiger partial charge in [-0.25, -0.2) is 4.68 Å². The molecule has 0 amide bonds. The SMILES string of the molecule is CCCn1nc(C)c(N)c1Oc1ccc(CC#N)cc1. The summed E-state index contributed by atoms with van der Waals surface area (Å²) >= 11 is 0. The van der Waals surface area contributed by atoms with E-state index < -0.39 is 0 Å². The van der Waals surface area contributed by atoms with Gasteiger partial charge in [0.05, 0.1) is 18.2 Å². The predicted molar refractivity (Wildman–Crippen MR) is 77.5 cm³/mol. The first-order valence-corrected chi connectivity index (χ1v) is 6.62. The van der Waals surface area contributed by atoms with Crippen LogP contribution in [0.15, 0.2) is 24.3 Å². The van der Waals surface area contributed by atoms with Crippen molar-refractivity contribution >= 4 is 5.69 Å². The molecule has 0 bridgehead atoms. The van der Waals surface area contributed by atoms with E-state index in [0.29, 0.717) is 23.7 Å². The number of nitriles is 1. The lowest BCUT2D eigenvalue weighted by Crippen LogP contribution is -2.02. The van der Waals surface area contributed by atoms with Crippen molar-refractivity contribution in [1.29, 1.82) is 5.26 Å². The van der Waals surface area contributed by atoms with E-state index in [1.54, 1.807) is 4.68 Å². The van der Waals surface area contributed by atoms with Gasteiger partial charge in [0.25, 0.3) is 0 Å². The van der Waals surface area contributed by atoms with Crippen molar-refractivity contribution in [3.63, 3.8) is 0 Å². The van der Waals surface area contributed by atoms with Crippen molar-refractivity contribution in [3.05, 3.63) is 35.5 Å². The van der Waals surface area contributed by atoms with Gasteiger partial charge in [-0.2, -0.15) is 10.4 Å². The first-order chi connectivity index (χ1) is 9.65. The number of anilines is 1. The van der Waals surface area contributed by atoms with Crippen LogP contribution in [0.5, 0.6) is 11.6 Å². The highest BCUT2D eigenvalue weighted by Gasteiger charge is 2.14. The molecular formula is C15H18N4O. The Morgan fingerprint density at radius 1 is 1.35 bits per heavy atom. The second kappa shape index (κ2) is 6.11. The van der Waals surface area contributed by atoms with E-state index in [9.17, 15) is 0 Å². The number of nitrogens with zero attached hydrogens (tertiary/aromatic N) is 3. The normalized spacial score (nSPS) is 10.2. The molecule has 0 fully saturated rings. The molecule has 0 aliphatic rings. The Morgan fingerprint density at radius 3 is 2.65 bits per heavy atom. The number of hydrogen-bond donors (Lipinski definition) is 1. The minimum Gasteiger partial charge on any atom is -0.437 e. The molecule has 0 aliphatic carbocycles. The summed E-state index contributed by atoms with van der Waals surface area (Å²) in [5.41, 5.74) is 8.31. The Balaban J connectivity index is 2.23. The van der Waals surface area contributed by atoms with Gasteiger partial charge in [-0.1, -0.05) is 19.1 Å². The van der Waals surface area contributed by atoms with Crippen molar-refractivity contribution < 1.29 is 4.74 Å². The molecule has 0 aliphatic heterocycles. The van der Waals surface area contributed by atoms with Gasteiger partial charge in [0.15, 0.2) is 0 Å². The number of ether oxygens (including phenoxy) is 1. The number of nitrogens with two attached hydrogens (primary N) is 1. The smallest absolute Gasteiger partial charge is 0.241 e. The Morgan fingerprint density at radius 2 is 2.05 bits per heavy atom. The van der Waals surface area contributed by atoms with E-state index in [4.69, 9.17) is 15.7 Å². The van der Waals surface area contributed by atoms with Crippen LogP contribution in [-0.4, -0.2) is 9.78 Å². The number of aryl methyl sites for hydroxylation is 2. The number of benzene rings is 1. The monoisotopic (exact) mass is 270 g/mol. The topological polar surface area (TPSA) is 76.9 Å². The van der Waals surface area contributed by atoms with E-state index in [-0.39, 0.29) is 0 Å². The molecule has 2 aromatic rings. The number of rotatable bonds is 5. The zero-order valence-corrected chi connectivity index (χ0v) is 11.8. The van der Waals surface area contributed by atoms with Crippen molar-refractivity contribution in [3.8, 4) is 17.7 Å². The average molecular weight is 270 g/mol. The molecule has 0 atom stereocenters. The minimum absolute atomic E-state index is 0.398. The van der Waals surface area contributed by atoms with Gasteiger partial charge in [-0.15, -0.1) is 0 Å². The lowest BCUT2D eigenvalue weighted by atomic mass is 10.2. The first-order valence-electron chi connectivity index (χ1n) is 6.62. The molecule has 2 rings (SSSR count). The van der Waals surface area contributed by atoms with E-state index in [2.05, 4.69) is 18.1 Å². The number of hydrogen-bond acceptors (Lipinski definition) is 4. The van der Waals surface area contributed by atoms with Crippen LogP contribution in [0, 0.1) is 18.3 Å². The summed E-state index contributed by atoms with van der Waals surface area (Å²) in [6.45, 7) is 4.71. The highest BCUT2D eigenvalue weighted by Crippen LogP contribution is 2.30. The lowest BCUT2D eigenvalue weighted by Gasteiger charge is -2.09. The maximum Gasteiger partial charge on any atom is 0.241 e. The molecule has 2 N–H and O–H groups in total. The van der Waals surface area contributed by atoms with Gasteiger partial charge >= 0.3 is 0 Å². The molecular weight excluding hydrogens is 252 g/mol. The summed E-state index contributed by atoms with van der Waals surface area (Å²) in [6, 6.07) is 9.55. The standard InChI is InChI=1S/C15H18N4O/c1-3-10-19-15(14(17)11(2)18-19)20-13-6-4-12(5-7-13)8-9-16/h4-7H,3,8,10,17H2,1-2H3. The van der Waals surface area contributed by atoms with Crippen LogP contribution in [0.3, 0.4) is 0 Å². The molecule has 1 heterocycles. The zero-order chi connectivity index (χ0) is 14.5. The fourth-order valence-electron chi connectivity index (χ4n) is 1.92. The first kappa shape index (κ1) is 13.9. The molecule has 20 heavy (non-hydrogen) atoms. The molecule has 5 nitrogen and oxygen atoms in total. The van der Waals surface area contributed by atoms with Gasteiger partial charge in [-0.3, -0.25) is 0 Å². The van der Waals surface area contributed by atoms with Crippen LogP contribution >= 0.6 is 0 Å². The number of aromatic nitrogens is 2. The van der Waals surface area contributed by atoms with Gasteiger partial charge in [0.1, 0.15) is 11.4 Å². The van der Waals surface area contributed by atoms with Crippen LogP contribution in [-0.2, 0) is 13.0 Å². The highest BCUT2D eigenvalue weighted by molar-refractivity contribution is 5.54. The minimum atomic E-state index is 0.398. The zero-order valence-electron chi connectivity index (χ0n) is 11.8. The van der Waals surface area contributed by atoms with E-state index in [1.807, 2.05) is 31.2 Å². The van der Waals surface area contributed by atoms with Gasteiger partial charge in [0.2, 0.25) is 5.88 Å². The molecule has 0 unspecified atom stereocenters. The fraction of sp³-hybridized carbons (Fsp3) is 0.333. The maximum absolute atomic E-state index is 8.65. The summed E-state index contributed by atoms with van der Waals surface area (Å²) in [5.74, 6) is 1.27. The molecule has 0 radical (unpaired) electrons. The second-order valence-corrected chi connectivity index (χ2v) is 4.61. The molecule has 1 aromatic heterocycles. The van der Waals surface area contributed by atoms with Crippen LogP contribution in [0.4, 0.5) is 5.69 Å². The summed E-state index contributed by atoms with van der Waals surface area (Å²) in [7, 11) is 0. The molecule has 0 spiro atoms. The quantitative estimate of drug-likeness (QED) is 0.905. The highest BCUT2D eigenvalue weighted by atomic mass is 16.5. The molecule has 104 valence electrons. The van der Waals surface area contributed by atoms with Crippen molar-refractivity contribution in [2.45, 2.75) is 33.2 Å². The van der Waals surface area contributed by atoms with Crippen LogP contribution in [0.25, 0.3) is 0 Å². The Bertz CT molecular complexity index is 623. The van der Waals surface area contributed by atoms with Gasteiger partial charge in [0, 0.05) is 6.54 Å². The van der Waals surface area contributed by atoms with Crippen molar-refractivity contribution in [2.24, 2.45) is 0 Å². The fourth-order valence-corrected chi connectivity index (χ4v) is 1.92. The summed E-state index contributed by atoms with van der Waals surface area (Å²) in [5, 5.41) is 13.0. The molecule has 0 saturated carbocycles. The van der Waals surface area contributed by atoms with E-state index >= 15 is 0 Å². The van der Waals surface area contributed by atoms with Gasteiger partial charge < -0.3 is 10.5 Å². The summed E-state index contributed by atoms with van der Waals surface area (Å²) in [6.07, 6.45) is 1.35. The second-order valence-electron chi connectivity index (χ2n) is 4.61. The Kier molecular flexibility index (Phi) is 4.26. The third kappa shape index (κ3) is 2.91. The number of nitrogen functional groups attached to an aromatic ring is 1. The van der Waals surface area contributed by atoms with Crippen LogP contribution < -0.4 is 10.5 Å². The van der Waals surface area contributed by atoms with E-state index in [1.165, 1.54) is 0 Å². The molecule has 1 aromatic carbocycles. The predicted octanol–water partition coefficient (Wildman–Crippen LogP) is 3.04. The average Bonchev–Trinajstić information content (AvgIpc) is 2.70. The maximum atomic E-state index is 8.65. The van der Waals surface area contributed by atoms with Crippen LogP contribution in [0.1, 0.15) is 24.6 Å². The third-order valence-corrected chi connectivity index (χ3v) is 2.98.